The van der Waals surface area contributed by atoms with E-state index in [2.05, 4.69) is 11.8 Å². The standard InChI is InChI=1S/C10H23NO2/c1-3-6-11(8-9-12)7-5-10-13-4-2/h12H,3-10H2,1-2H3. The van der Waals surface area contributed by atoms with Crippen molar-refractivity contribution in [1.82, 2.24) is 4.90 Å². The van der Waals surface area contributed by atoms with Crippen molar-refractivity contribution in [2.75, 3.05) is 39.5 Å². The molecule has 0 radical (unpaired) electrons. The van der Waals surface area contributed by atoms with Crippen LogP contribution in [0.1, 0.15) is 26.7 Å². The predicted molar refractivity (Wildman–Crippen MR) is 54.9 cm³/mol. The van der Waals surface area contributed by atoms with Crippen molar-refractivity contribution >= 4 is 0 Å². The topological polar surface area (TPSA) is 32.7 Å². The highest BCUT2D eigenvalue weighted by Crippen LogP contribution is 1.94. The normalized spacial score (nSPS) is 11.1. The number of aliphatic hydroxyl groups excluding tert-OH is 1. The summed E-state index contributed by atoms with van der Waals surface area (Å²) in [6.45, 7) is 8.97. The van der Waals surface area contributed by atoms with Crippen LogP contribution in [-0.4, -0.2) is 49.5 Å². The molecule has 0 saturated heterocycles. The van der Waals surface area contributed by atoms with E-state index in [1.54, 1.807) is 0 Å². The van der Waals surface area contributed by atoms with Gasteiger partial charge in [0.25, 0.3) is 0 Å². The summed E-state index contributed by atoms with van der Waals surface area (Å²) in [7, 11) is 0. The van der Waals surface area contributed by atoms with Gasteiger partial charge in [-0.2, -0.15) is 0 Å². The molecule has 0 aliphatic heterocycles. The number of hydrogen-bond donors (Lipinski definition) is 1. The minimum atomic E-state index is 0.259. The van der Waals surface area contributed by atoms with Crippen molar-refractivity contribution in [3.05, 3.63) is 0 Å². The minimum absolute atomic E-state index is 0.259. The lowest BCUT2D eigenvalue weighted by Crippen LogP contribution is -2.29. The van der Waals surface area contributed by atoms with Gasteiger partial charge in [-0.25, -0.2) is 0 Å². The molecule has 0 atom stereocenters. The molecule has 0 aromatic rings. The summed E-state index contributed by atoms with van der Waals surface area (Å²) >= 11 is 0. The maximum absolute atomic E-state index is 8.79. The van der Waals surface area contributed by atoms with Crippen LogP contribution in [0.5, 0.6) is 0 Å². The number of hydrogen-bond acceptors (Lipinski definition) is 3. The van der Waals surface area contributed by atoms with E-state index in [4.69, 9.17) is 9.84 Å². The van der Waals surface area contributed by atoms with Gasteiger partial charge >= 0.3 is 0 Å². The van der Waals surface area contributed by atoms with E-state index in [0.29, 0.717) is 0 Å². The fraction of sp³-hybridized carbons (Fsp3) is 1.00. The Balaban J connectivity index is 3.33. The number of rotatable bonds is 9. The SMILES string of the molecule is CCCN(CCO)CCCOCC. The summed E-state index contributed by atoms with van der Waals surface area (Å²) < 4.78 is 5.25. The molecule has 0 saturated carbocycles. The minimum Gasteiger partial charge on any atom is -0.395 e. The quantitative estimate of drug-likeness (QED) is 0.552. The van der Waals surface area contributed by atoms with Crippen molar-refractivity contribution in [3.63, 3.8) is 0 Å². The van der Waals surface area contributed by atoms with Crippen molar-refractivity contribution in [3.8, 4) is 0 Å². The Bertz CT molecular complexity index is 92.9. The Morgan fingerprint density at radius 1 is 1.15 bits per heavy atom. The Morgan fingerprint density at radius 3 is 2.46 bits per heavy atom. The average Bonchev–Trinajstić information content (AvgIpc) is 2.13. The van der Waals surface area contributed by atoms with Crippen LogP contribution in [0.15, 0.2) is 0 Å². The zero-order valence-corrected chi connectivity index (χ0v) is 8.96. The Labute approximate surface area is 81.7 Å². The van der Waals surface area contributed by atoms with Crippen molar-refractivity contribution in [2.24, 2.45) is 0 Å². The highest BCUT2D eigenvalue weighted by atomic mass is 16.5. The highest BCUT2D eigenvalue weighted by Gasteiger charge is 2.01. The zero-order chi connectivity index (χ0) is 9.94. The van der Waals surface area contributed by atoms with E-state index in [1.165, 1.54) is 0 Å². The fourth-order valence-corrected chi connectivity index (χ4v) is 1.33. The van der Waals surface area contributed by atoms with E-state index in [1.807, 2.05) is 6.92 Å². The Hall–Kier alpha value is -0.120. The van der Waals surface area contributed by atoms with Crippen LogP contribution in [-0.2, 0) is 4.74 Å². The summed E-state index contributed by atoms with van der Waals surface area (Å²) in [6, 6.07) is 0. The van der Waals surface area contributed by atoms with Gasteiger partial charge in [0.15, 0.2) is 0 Å². The number of aliphatic hydroxyl groups is 1. The summed E-state index contributed by atoms with van der Waals surface area (Å²) in [5, 5.41) is 8.79. The molecule has 3 nitrogen and oxygen atoms in total. The van der Waals surface area contributed by atoms with Gasteiger partial charge in [-0.05, 0) is 26.3 Å². The first kappa shape index (κ1) is 12.9. The lowest BCUT2D eigenvalue weighted by atomic mass is 10.3. The molecule has 0 aliphatic carbocycles. The maximum Gasteiger partial charge on any atom is 0.0558 e. The molecule has 0 amide bonds. The second kappa shape index (κ2) is 9.96. The molecule has 0 aromatic carbocycles. The van der Waals surface area contributed by atoms with E-state index in [9.17, 15) is 0 Å². The highest BCUT2D eigenvalue weighted by molar-refractivity contribution is 4.55. The van der Waals surface area contributed by atoms with E-state index < -0.39 is 0 Å². The maximum atomic E-state index is 8.79. The van der Waals surface area contributed by atoms with Crippen LogP contribution >= 0.6 is 0 Å². The molecule has 0 aliphatic rings. The molecule has 1 N–H and O–H groups in total. The van der Waals surface area contributed by atoms with Gasteiger partial charge in [0.05, 0.1) is 6.61 Å². The van der Waals surface area contributed by atoms with Gasteiger partial charge in [0.1, 0.15) is 0 Å². The molecule has 0 spiro atoms. The second-order valence-electron chi connectivity index (χ2n) is 3.12. The summed E-state index contributed by atoms with van der Waals surface area (Å²) in [4.78, 5) is 2.28. The van der Waals surface area contributed by atoms with Crippen molar-refractivity contribution < 1.29 is 9.84 Å². The van der Waals surface area contributed by atoms with E-state index in [0.717, 1.165) is 45.7 Å². The molecule has 80 valence electrons. The molecule has 0 bridgehead atoms. The molecule has 13 heavy (non-hydrogen) atoms. The Morgan fingerprint density at radius 2 is 1.92 bits per heavy atom. The first-order valence-electron chi connectivity index (χ1n) is 5.26. The van der Waals surface area contributed by atoms with Crippen LogP contribution in [0.4, 0.5) is 0 Å². The third kappa shape index (κ3) is 8.22. The Kier molecular flexibility index (Phi) is 9.87. The van der Waals surface area contributed by atoms with Crippen LogP contribution in [0.2, 0.25) is 0 Å². The van der Waals surface area contributed by atoms with Gasteiger partial charge in [-0.15, -0.1) is 0 Å². The van der Waals surface area contributed by atoms with E-state index >= 15 is 0 Å². The van der Waals surface area contributed by atoms with Gasteiger partial charge < -0.3 is 14.7 Å². The predicted octanol–water partition coefficient (Wildman–Crippen LogP) is 1.12. The molecule has 0 heterocycles. The van der Waals surface area contributed by atoms with Crippen LogP contribution in [0.3, 0.4) is 0 Å². The summed E-state index contributed by atoms with van der Waals surface area (Å²) in [6.07, 6.45) is 2.21. The summed E-state index contributed by atoms with van der Waals surface area (Å²) in [5.74, 6) is 0. The first-order valence-corrected chi connectivity index (χ1v) is 5.26. The molecule has 0 rings (SSSR count). The molecule has 0 unspecified atom stereocenters. The monoisotopic (exact) mass is 189 g/mol. The average molecular weight is 189 g/mol. The van der Waals surface area contributed by atoms with Gasteiger partial charge in [0.2, 0.25) is 0 Å². The van der Waals surface area contributed by atoms with E-state index in [-0.39, 0.29) is 6.61 Å². The molecule has 3 heteroatoms. The van der Waals surface area contributed by atoms with Crippen molar-refractivity contribution in [1.29, 1.82) is 0 Å². The van der Waals surface area contributed by atoms with Gasteiger partial charge in [-0.3, -0.25) is 0 Å². The number of ether oxygens (including phenoxy) is 1. The lowest BCUT2D eigenvalue weighted by molar-refractivity contribution is 0.125. The molecule has 0 fully saturated rings. The number of nitrogens with zero attached hydrogens (tertiary/aromatic N) is 1. The van der Waals surface area contributed by atoms with Crippen LogP contribution < -0.4 is 0 Å². The molecule has 0 aromatic heterocycles. The zero-order valence-electron chi connectivity index (χ0n) is 8.96. The largest absolute Gasteiger partial charge is 0.395 e. The molecular weight excluding hydrogens is 166 g/mol. The van der Waals surface area contributed by atoms with Gasteiger partial charge in [0, 0.05) is 26.3 Å². The third-order valence-electron chi connectivity index (χ3n) is 1.92. The fourth-order valence-electron chi connectivity index (χ4n) is 1.33. The smallest absolute Gasteiger partial charge is 0.0558 e. The van der Waals surface area contributed by atoms with Crippen molar-refractivity contribution in [2.45, 2.75) is 26.7 Å². The molecular formula is C10H23NO2. The second-order valence-corrected chi connectivity index (χ2v) is 3.12. The van der Waals surface area contributed by atoms with Crippen LogP contribution in [0.25, 0.3) is 0 Å². The third-order valence-corrected chi connectivity index (χ3v) is 1.92. The first-order chi connectivity index (χ1) is 6.35. The van der Waals surface area contributed by atoms with Crippen LogP contribution in [0, 0.1) is 0 Å². The summed E-state index contributed by atoms with van der Waals surface area (Å²) in [5.41, 5.74) is 0. The lowest BCUT2D eigenvalue weighted by Gasteiger charge is -2.20. The van der Waals surface area contributed by atoms with Gasteiger partial charge in [-0.1, -0.05) is 6.92 Å².